The number of aliphatic hydroxyl groups excluding tert-OH is 2. The van der Waals surface area contributed by atoms with Crippen molar-refractivity contribution in [2.45, 2.75) is 219 Å². The standard InChI is InChI=1S/C72H109N5O21S.C17H19NO6S.C11H18O3.C5H14N2.C2H6O.Na/c1-20-68(5,6)55(66(91)97-35-31-74-99(93,94)51-36-45(49(78)37-50(51)95-19)57(79)43-26-24-41(3)25-27-43)47(62(85)86)40-71(11,12)54-44(59(81)77(60(54)82)34-23-33-76(17)18)28-29-69(7,8)53(58(80)73-30-22-32-75(15)16)46(61(83)84)38-72(13,14)56(65(90)96-21-2)48(63(87)88)39-70(9,10)52-42(4)64(89)98-67(52)92;1-11-3-5-12(6-4-11)17(21)13-9-16(15(24-2)10-14(13)20)25(22,23)18-7-8-19;1-5-11(3,4)6-8-7(2)9(12)14-10(8)13;1-7(2)5-3-4-6;1-2-3;/h24-27,36-37,42,44,46-48,52-56,74,78H,20-23,28-35,38-40H2,1-19H3,(H,73,80)(H,83,84)(H,85,86)(H,87,88);3-6,9-10,18-20H,7-8H2,1-2H3;7-8H,5-6H2,1-4H3;3-6H2,1-2H3;3H,2H2,1H3;/q;;;;;+1/p-1. The number of aliphatic carboxylic acids is 3. The zero-order valence-electron chi connectivity index (χ0n) is 92.7. The number of ether oxygens (including phenoxy) is 6. The van der Waals surface area contributed by atoms with Gasteiger partial charge in [-0.15, -0.1) is 0 Å². The Morgan fingerprint density at radius 2 is 0.946 bits per heavy atom. The summed E-state index contributed by atoms with van der Waals surface area (Å²) in [5.74, 6) is -28.2. The van der Waals surface area contributed by atoms with Crippen molar-refractivity contribution >= 4 is 103 Å². The van der Waals surface area contributed by atoms with Crippen LogP contribution in [0.1, 0.15) is 238 Å². The largest absolute Gasteiger partial charge is 1.00 e. The molecule has 3 aliphatic rings. The quantitative estimate of drug-likeness (QED) is 0.00420. The maximum Gasteiger partial charge on any atom is 1.00 e. The van der Waals surface area contributed by atoms with Crippen molar-refractivity contribution in [2.24, 2.45) is 109 Å². The number of aryl methyl sites for hydroxylation is 2. The molecule has 0 bridgehead atoms. The summed E-state index contributed by atoms with van der Waals surface area (Å²) >= 11 is 0. The Bertz CT molecular complexity index is 5430. The number of hydrogen-bond acceptors (Lipinski definition) is 33. The molecule has 832 valence electrons. The predicted molar refractivity (Wildman–Crippen MR) is 551 cm³/mol. The number of esters is 6. The molecule has 4 aromatic carbocycles. The molecule has 3 amide bonds. The molecule has 4 aromatic rings. The van der Waals surface area contributed by atoms with Crippen LogP contribution < -0.4 is 64.6 Å². The van der Waals surface area contributed by atoms with Crippen LogP contribution >= 0.6 is 0 Å². The summed E-state index contributed by atoms with van der Waals surface area (Å²) < 4.78 is 88.0. The van der Waals surface area contributed by atoms with E-state index in [0.29, 0.717) is 31.5 Å². The van der Waals surface area contributed by atoms with Gasteiger partial charge in [-0.1, -0.05) is 183 Å². The Balaban J connectivity index is 0.00000120. The number of amides is 3. The van der Waals surface area contributed by atoms with Crippen LogP contribution in [0.3, 0.4) is 0 Å². The summed E-state index contributed by atoms with van der Waals surface area (Å²) in [6, 6.07) is 17.2. The Labute approximate surface area is 901 Å². The first kappa shape index (κ1) is 135. The molecule has 7 rings (SSSR count). The number of rotatable bonds is 54. The number of phenols is 2. The molecule has 39 nitrogen and oxygen atoms in total. The number of carbonyl (C=O) groups is 14. The zero-order chi connectivity index (χ0) is 113. The average molecular weight is 2150 g/mol. The number of phenolic OH excluding ortho intramolecular Hbond substituents is 2. The smallest absolute Gasteiger partial charge is 0.550 e. The molecule has 0 spiro atoms. The Kier molecular flexibility index (Phi) is 54.5. The monoisotopic (exact) mass is 2150 g/mol. The SMILES string of the molecule is CCC(C)(C)CC1C(=O)OC(=O)C1C.CCO.CCOC(=O)C(C(CC(C)(C)C1C(=O)OC(=O)C1C)C(=O)O)C(C)(C)CC(C(=O)[O-])C(C(=O)NCCCN(C)C)C(C)(C)CCC1C(=O)N(CCCN(C)C)C(=O)C1C(C)(C)CC(C(=O)O)C(C(=O)OCCNS(=O)(=O)c1cc(C(=O)c2ccc(C)cc2)c(O)cc1OC)C(C)(C)CC.CN(C)CCCN.COc1cc(O)c(C(=O)c2ccc(C)cc2)cc1S(=O)(=O)NCCO.[Na+]. The third kappa shape index (κ3) is 38.8. The van der Waals surface area contributed by atoms with Crippen LogP contribution in [0.25, 0.3) is 0 Å². The third-order valence-electron chi connectivity index (χ3n) is 27.9. The van der Waals surface area contributed by atoms with Crippen molar-refractivity contribution < 1.29 is 178 Å². The van der Waals surface area contributed by atoms with Gasteiger partial charge in [-0.25, -0.2) is 26.3 Å². The van der Waals surface area contributed by atoms with Crippen LogP contribution in [0.15, 0.2) is 82.6 Å². The van der Waals surface area contributed by atoms with Gasteiger partial charge in [0.05, 0.1) is 104 Å². The van der Waals surface area contributed by atoms with Gasteiger partial charge >= 0.3 is 77.3 Å². The van der Waals surface area contributed by atoms with Gasteiger partial charge in [-0.05, 0) is 199 Å². The van der Waals surface area contributed by atoms with Gasteiger partial charge in [0.2, 0.25) is 37.8 Å². The minimum Gasteiger partial charge on any atom is -0.550 e. The maximum atomic E-state index is 15.2. The third-order valence-corrected chi connectivity index (χ3v) is 30.9. The molecule has 12 unspecified atom stereocenters. The number of sulfonamides is 2. The number of nitrogens with two attached hydrogens (primary N) is 1. The molecule has 0 aliphatic carbocycles. The van der Waals surface area contributed by atoms with Crippen LogP contribution in [0.2, 0.25) is 0 Å². The summed E-state index contributed by atoms with van der Waals surface area (Å²) in [4.78, 5) is 196. The molecule has 3 heterocycles. The van der Waals surface area contributed by atoms with Gasteiger partial charge in [0.25, 0.3) is 0 Å². The summed E-state index contributed by atoms with van der Waals surface area (Å²) in [6.07, 6.45) is 2.19. The number of carboxylic acids is 3. The number of likely N-dealkylation sites (tertiary alicyclic amines) is 1. The van der Waals surface area contributed by atoms with Crippen LogP contribution in [0, 0.1) is 117 Å². The first-order valence-electron chi connectivity index (χ1n) is 50.1. The van der Waals surface area contributed by atoms with E-state index in [1.165, 1.54) is 46.9 Å². The molecule has 0 saturated carbocycles. The van der Waals surface area contributed by atoms with Gasteiger partial charge < -0.3 is 94.7 Å². The first-order chi connectivity index (χ1) is 68.5. The Morgan fingerprint density at radius 1 is 0.523 bits per heavy atom. The number of methoxy groups -OCH3 is 2. The summed E-state index contributed by atoms with van der Waals surface area (Å²) in [5.41, 5.74) is 0.202. The first-order valence-corrected chi connectivity index (χ1v) is 53.0. The number of carboxylic acid groups (broad SMARTS) is 3. The van der Waals surface area contributed by atoms with Crippen molar-refractivity contribution in [3.63, 3.8) is 0 Å². The van der Waals surface area contributed by atoms with Gasteiger partial charge in [0, 0.05) is 67.9 Å². The van der Waals surface area contributed by atoms with Crippen molar-refractivity contribution in [3.05, 3.63) is 106 Å². The van der Waals surface area contributed by atoms with Crippen molar-refractivity contribution in [3.8, 4) is 23.0 Å². The van der Waals surface area contributed by atoms with Gasteiger partial charge in [-0.3, -0.25) is 67.2 Å². The second-order valence-corrected chi connectivity index (χ2v) is 46.7. The molecule has 149 heavy (non-hydrogen) atoms. The number of nitrogens with zero attached hydrogens (tertiary/aromatic N) is 4. The molecular weight excluding hydrogens is 1980 g/mol. The van der Waals surface area contributed by atoms with Crippen LogP contribution in [0.4, 0.5) is 0 Å². The minimum atomic E-state index is -4.57. The second-order valence-electron chi connectivity index (χ2n) is 43.2. The number of nitrogens with one attached hydrogen (secondary N) is 3. The number of imide groups is 1. The van der Waals surface area contributed by atoms with E-state index in [0.717, 1.165) is 79.8 Å². The van der Waals surface area contributed by atoms with E-state index in [9.17, 15) is 95.1 Å². The van der Waals surface area contributed by atoms with E-state index in [-0.39, 0.29) is 163 Å². The summed E-state index contributed by atoms with van der Waals surface area (Å²) in [5, 5.41) is 76.5. The molecular formula is C107H165N8NaO31S2. The van der Waals surface area contributed by atoms with Gasteiger partial charge in [-0.2, -0.15) is 0 Å². The molecule has 12 atom stereocenters. The number of aromatic hydroxyl groups is 2. The van der Waals surface area contributed by atoms with Crippen molar-refractivity contribution in [1.82, 2.24) is 34.4 Å². The molecule has 3 saturated heterocycles. The fraction of sp³-hybridized carbons (Fsp3) is 0.645. The van der Waals surface area contributed by atoms with Crippen LogP contribution in [-0.4, -0.2) is 285 Å². The topological polar surface area (TPSA) is 582 Å². The molecule has 3 aliphatic heterocycles. The molecule has 42 heteroatoms. The van der Waals surface area contributed by atoms with E-state index >= 15 is 14.4 Å². The number of benzene rings is 4. The van der Waals surface area contributed by atoms with Gasteiger partial charge in [0.15, 0.2) is 11.6 Å². The number of carbonyl (C=O) groups excluding carboxylic acids is 12. The van der Waals surface area contributed by atoms with Crippen molar-refractivity contribution in [2.75, 3.05) is 135 Å². The van der Waals surface area contributed by atoms with E-state index in [2.05, 4.69) is 59.3 Å². The second kappa shape index (κ2) is 60.0. The minimum absolute atomic E-state index is 0. The fourth-order valence-corrected chi connectivity index (χ4v) is 21.5. The average Bonchev–Trinajstić information content (AvgIpc) is 1.59. The van der Waals surface area contributed by atoms with Crippen LogP contribution in [-0.2, 0) is 96.5 Å². The Morgan fingerprint density at radius 3 is 1.33 bits per heavy atom. The van der Waals surface area contributed by atoms with E-state index in [1.807, 2.05) is 51.8 Å². The van der Waals surface area contributed by atoms with E-state index in [1.54, 1.807) is 113 Å². The molecule has 0 radical (unpaired) electrons. The zero-order valence-corrected chi connectivity index (χ0v) is 96.3. The molecule has 3 fully saturated rings. The van der Waals surface area contributed by atoms with E-state index < -0.39 is 214 Å². The van der Waals surface area contributed by atoms with Gasteiger partial charge in [0.1, 0.15) is 39.4 Å². The normalized spacial score (nSPS) is 17.8. The maximum absolute atomic E-state index is 15.2. The fourth-order valence-electron chi connectivity index (χ4n) is 19.1. The van der Waals surface area contributed by atoms with E-state index in [4.69, 9.17) is 39.6 Å². The molecule has 0 aromatic heterocycles. The van der Waals surface area contributed by atoms with Crippen molar-refractivity contribution in [1.29, 1.82) is 0 Å². The Hall–Kier alpha value is -9.76. The number of hydrogen-bond donors (Lipinski definition) is 10. The number of aliphatic hydroxyl groups is 2. The van der Waals surface area contributed by atoms with Crippen LogP contribution in [0.5, 0.6) is 23.0 Å². The molecule has 11 N–H and O–H groups in total. The number of cyclic esters (lactones) is 4. The summed E-state index contributed by atoms with van der Waals surface area (Å²) in [7, 11) is 5.21. The summed E-state index contributed by atoms with van der Waals surface area (Å²) in [6.45, 7) is 35.3. The predicted octanol–water partition coefficient (Wildman–Crippen LogP) is 6.65. The number of ketones is 2.